The molecule has 0 radical (unpaired) electrons. The van der Waals surface area contributed by atoms with Crippen LogP contribution in [0.4, 0.5) is 0 Å². The van der Waals surface area contributed by atoms with E-state index in [0.29, 0.717) is 24.3 Å². The standard InChI is InChI=1S/C19H16BrN3O2/c20-16-8-6-15(7-9-16)19(25)21-10-11-23-13-22-17(12-18(23)24)14-4-2-1-3-5-14/h1-9,12-13H,10-11H2,(H,21,25). The van der Waals surface area contributed by atoms with Gasteiger partial charge in [0.25, 0.3) is 11.5 Å². The van der Waals surface area contributed by atoms with Gasteiger partial charge in [-0.05, 0) is 24.3 Å². The SMILES string of the molecule is O=C(NCCn1cnc(-c2ccccc2)cc1=O)c1ccc(Br)cc1. The molecule has 1 heterocycles. The molecule has 3 rings (SSSR count). The summed E-state index contributed by atoms with van der Waals surface area (Å²) < 4.78 is 2.40. The van der Waals surface area contributed by atoms with Gasteiger partial charge < -0.3 is 5.32 Å². The second-order valence-electron chi connectivity index (χ2n) is 5.43. The van der Waals surface area contributed by atoms with E-state index in [-0.39, 0.29) is 11.5 Å². The lowest BCUT2D eigenvalue weighted by Gasteiger charge is -2.08. The van der Waals surface area contributed by atoms with Gasteiger partial charge >= 0.3 is 0 Å². The molecule has 5 nitrogen and oxygen atoms in total. The molecule has 0 aliphatic rings. The third-order valence-electron chi connectivity index (χ3n) is 3.69. The van der Waals surface area contributed by atoms with Crippen LogP contribution in [0.2, 0.25) is 0 Å². The van der Waals surface area contributed by atoms with Crippen LogP contribution in [0.25, 0.3) is 11.3 Å². The van der Waals surface area contributed by atoms with Gasteiger partial charge in [0.2, 0.25) is 0 Å². The zero-order valence-electron chi connectivity index (χ0n) is 13.4. The average molecular weight is 398 g/mol. The Morgan fingerprint density at radius 2 is 1.80 bits per heavy atom. The highest BCUT2D eigenvalue weighted by Crippen LogP contribution is 2.13. The Morgan fingerprint density at radius 3 is 2.48 bits per heavy atom. The summed E-state index contributed by atoms with van der Waals surface area (Å²) in [5, 5.41) is 2.80. The number of hydrogen-bond acceptors (Lipinski definition) is 3. The zero-order valence-corrected chi connectivity index (χ0v) is 14.9. The summed E-state index contributed by atoms with van der Waals surface area (Å²) in [4.78, 5) is 28.6. The fourth-order valence-corrected chi connectivity index (χ4v) is 2.62. The van der Waals surface area contributed by atoms with Crippen molar-refractivity contribution in [2.45, 2.75) is 6.54 Å². The largest absolute Gasteiger partial charge is 0.350 e. The molecule has 0 aliphatic carbocycles. The van der Waals surface area contributed by atoms with Crippen LogP contribution in [0.1, 0.15) is 10.4 Å². The minimum Gasteiger partial charge on any atom is -0.350 e. The van der Waals surface area contributed by atoms with Crippen LogP contribution in [0.3, 0.4) is 0 Å². The van der Waals surface area contributed by atoms with Gasteiger partial charge in [-0.2, -0.15) is 0 Å². The van der Waals surface area contributed by atoms with Crippen molar-refractivity contribution in [3.8, 4) is 11.3 Å². The Labute approximate surface area is 153 Å². The lowest BCUT2D eigenvalue weighted by atomic mass is 10.1. The predicted molar refractivity (Wildman–Crippen MR) is 100 cm³/mol. The molecule has 0 fully saturated rings. The molecule has 1 amide bonds. The molecule has 0 spiro atoms. The van der Waals surface area contributed by atoms with E-state index >= 15 is 0 Å². The summed E-state index contributed by atoms with van der Waals surface area (Å²) >= 11 is 3.33. The highest BCUT2D eigenvalue weighted by molar-refractivity contribution is 9.10. The molecule has 0 atom stereocenters. The molecular formula is C19H16BrN3O2. The third kappa shape index (κ3) is 4.42. The van der Waals surface area contributed by atoms with Crippen LogP contribution in [0, 0.1) is 0 Å². The minimum absolute atomic E-state index is 0.147. The first-order valence-electron chi connectivity index (χ1n) is 7.79. The van der Waals surface area contributed by atoms with Crippen molar-refractivity contribution < 1.29 is 4.79 Å². The number of rotatable bonds is 5. The molecule has 1 aromatic heterocycles. The Hall–Kier alpha value is -2.73. The van der Waals surface area contributed by atoms with E-state index in [2.05, 4.69) is 26.2 Å². The number of benzene rings is 2. The Bertz CT molecular complexity index is 921. The third-order valence-corrected chi connectivity index (χ3v) is 4.22. The molecule has 1 N–H and O–H groups in total. The normalized spacial score (nSPS) is 10.4. The molecule has 0 bridgehead atoms. The van der Waals surface area contributed by atoms with Crippen LogP contribution in [0.15, 0.2) is 76.3 Å². The first-order chi connectivity index (χ1) is 12.1. The summed E-state index contributed by atoms with van der Waals surface area (Å²) in [5.41, 5.74) is 1.97. The summed E-state index contributed by atoms with van der Waals surface area (Å²) in [6, 6.07) is 18.1. The summed E-state index contributed by atoms with van der Waals surface area (Å²) in [5.74, 6) is -0.172. The van der Waals surface area contributed by atoms with Gasteiger partial charge in [0.05, 0.1) is 12.0 Å². The summed E-state index contributed by atoms with van der Waals surface area (Å²) in [6.07, 6.45) is 1.51. The van der Waals surface area contributed by atoms with Crippen molar-refractivity contribution >= 4 is 21.8 Å². The number of amides is 1. The van der Waals surface area contributed by atoms with Crippen molar-refractivity contribution in [3.63, 3.8) is 0 Å². The van der Waals surface area contributed by atoms with E-state index in [1.165, 1.54) is 17.0 Å². The molecular weight excluding hydrogens is 382 g/mol. The second kappa shape index (κ2) is 7.90. The van der Waals surface area contributed by atoms with Crippen LogP contribution >= 0.6 is 15.9 Å². The lowest BCUT2D eigenvalue weighted by molar-refractivity contribution is 0.0952. The van der Waals surface area contributed by atoms with Gasteiger partial charge in [-0.15, -0.1) is 0 Å². The van der Waals surface area contributed by atoms with Crippen LogP contribution in [-0.4, -0.2) is 22.0 Å². The van der Waals surface area contributed by atoms with Gasteiger partial charge in [0, 0.05) is 34.8 Å². The predicted octanol–water partition coefficient (Wildman–Crippen LogP) is 3.10. The number of nitrogens with zero attached hydrogens (tertiary/aromatic N) is 2. The van der Waals surface area contributed by atoms with Gasteiger partial charge in [0.15, 0.2) is 0 Å². The quantitative estimate of drug-likeness (QED) is 0.719. The highest BCUT2D eigenvalue weighted by atomic mass is 79.9. The first-order valence-corrected chi connectivity index (χ1v) is 8.58. The van der Waals surface area contributed by atoms with Crippen LogP contribution < -0.4 is 10.9 Å². The van der Waals surface area contributed by atoms with E-state index in [0.717, 1.165) is 10.0 Å². The number of carbonyl (C=O) groups is 1. The average Bonchev–Trinajstić information content (AvgIpc) is 2.64. The molecule has 0 aliphatic heterocycles. The van der Waals surface area contributed by atoms with Gasteiger partial charge in [-0.1, -0.05) is 46.3 Å². The monoisotopic (exact) mass is 397 g/mol. The number of nitrogens with one attached hydrogen (secondary N) is 1. The second-order valence-corrected chi connectivity index (χ2v) is 6.35. The summed E-state index contributed by atoms with van der Waals surface area (Å²) in [6.45, 7) is 0.713. The maximum atomic E-state index is 12.2. The number of aromatic nitrogens is 2. The van der Waals surface area contributed by atoms with E-state index in [1.54, 1.807) is 12.1 Å². The topological polar surface area (TPSA) is 64.0 Å². The molecule has 0 saturated heterocycles. The van der Waals surface area contributed by atoms with E-state index < -0.39 is 0 Å². The molecule has 0 saturated carbocycles. The maximum Gasteiger partial charge on any atom is 0.253 e. The van der Waals surface area contributed by atoms with Crippen LogP contribution in [0.5, 0.6) is 0 Å². The first kappa shape index (κ1) is 17.1. The summed E-state index contributed by atoms with van der Waals surface area (Å²) in [7, 11) is 0. The number of carbonyl (C=O) groups excluding carboxylic acids is 1. The van der Waals surface area contributed by atoms with E-state index in [4.69, 9.17) is 0 Å². The fourth-order valence-electron chi connectivity index (χ4n) is 2.35. The van der Waals surface area contributed by atoms with Crippen molar-refractivity contribution in [3.05, 3.63) is 87.4 Å². The number of halogens is 1. The molecule has 126 valence electrons. The molecule has 3 aromatic rings. The Kier molecular flexibility index (Phi) is 5.40. The van der Waals surface area contributed by atoms with Crippen molar-refractivity contribution in [1.29, 1.82) is 0 Å². The Morgan fingerprint density at radius 1 is 1.08 bits per heavy atom. The molecule has 25 heavy (non-hydrogen) atoms. The van der Waals surface area contributed by atoms with Gasteiger partial charge in [0.1, 0.15) is 0 Å². The van der Waals surface area contributed by atoms with E-state index in [9.17, 15) is 9.59 Å². The lowest BCUT2D eigenvalue weighted by Crippen LogP contribution is -2.30. The van der Waals surface area contributed by atoms with Crippen molar-refractivity contribution in [2.24, 2.45) is 0 Å². The Balaban J connectivity index is 1.61. The highest BCUT2D eigenvalue weighted by Gasteiger charge is 2.06. The fraction of sp³-hybridized carbons (Fsp3) is 0.105. The molecule has 6 heteroatoms. The smallest absolute Gasteiger partial charge is 0.253 e. The maximum absolute atomic E-state index is 12.2. The van der Waals surface area contributed by atoms with E-state index in [1.807, 2.05) is 42.5 Å². The van der Waals surface area contributed by atoms with Crippen LogP contribution in [-0.2, 0) is 6.54 Å². The van der Waals surface area contributed by atoms with Crippen molar-refractivity contribution in [1.82, 2.24) is 14.9 Å². The molecule has 0 unspecified atom stereocenters. The zero-order chi connectivity index (χ0) is 17.6. The molecule has 2 aromatic carbocycles. The minimum atomic E-state index is -0.172. The van der Waals surface area contributed by atoms with Crippen molar-refractivity contribution in [2.75, 3.05) is 6.54 Å². The van der Waals surface area contributed by atoms with Gasteiger partial charge in [-0.3, -0.25) is 14.2 Å². The number of hydrogen-bond donors (Lipinski definition) is 1. The van der Waals surface area contributed by atoms with Gasteiger partial charge in [-0.25, -0.2) is 4.98 Å².